The van der Waals surface area contributed by atoms with Gasteiger partial charge in [0, 0.05) is 47.2 Å². The van der Waals surface area contributed by atoms with Crippen molar-refractivity contribution in [2.75, 3.05) is 25.4 Å². The number of ketones is 1. The van der Waals surface area contributed by atoms with Crippen LogP contribution in [0.25, 0.3) is 0 Å². The summed E-state index contributed by atoms with van der Waals surface area (Å²) in [5.41, 5.74) is 19.0. The molecule has 9 atom stereocenters. The van der Waals surface area contributed by atoms with Gasteiger partial charge in [-0.25, -0.2) is 0 Å². The Labute approximate surface area is 326 Å². The summed E-state index contributed by atoms with van der Waals surface area (Å²) in [6, 6.07) is 14.9. The minimum Gasteiger partial charge on any atom is -0.461 e. The van der Waals surface area contributed by atoms with Crippen LogP contribution in [0.15, 0.2) is 53.4 Å². The second kappa shape index (κ2) is 17.6. The van der Waals surface area contributed by atoms with Crippen LogP contribution in [-0.4, -0.2) is 66.4 Å². The van der Waals surface area contributed by atoms with Crippen LogP contribution < -0.4 is 27.8 Å². The zero-order chi connectivity index (χ0) is 39.3. The van der Waals surface area contributed by atoms with Crippen molar-refractivity contribution in [2.24, 2.45) is 50.7 Å². The van der Waals surface area contributed by atoms with Crippen LogP contribution in [0.2, 0.25) is 0 Å². The Hall–Kier alpha value is -2.80. The van der Waals surface area contributed by atoms with E-state index < -0.39 is 29.1 Å². The molecule has 2 aromatic carbocycles. The second-order valence-corrected chi connectivity index (χ2v) is 18.7. The Kier molecular flexibility index (Phi) is 13.8. The van der Waals surface area contributed by atoms with Crippen molar-refractivity contribution in [3.63, 3.8) is 0 Å². The number of fused-ring (bicyclic) bond motifs is 2. The lowest BCUT2D eigenvalue weighted by atomic mass is 9.50. The highest BCUT2D eigenvalue weighted by atomic mass is 32.2. The van der Waals surface area contributed by atoms with Crippen LogP contribution >= 0.6 is 11.8 Å². The third-order valence-electron chi connectivity index (χ3n) is 13.6. The quantitative estimate of drug-likeness (QED) is 0.0833. The molecule has 1 unspecified atom stereocenters. The van der Waals surface area contributed by atoms with Crippen molar-refractivity contribution in [3.8, 4) is 0 Å². The Morgan fingerprint density at radius 2 is 1.65 bits per heavy atom. The molecule has 0 aliphatic heterocycles. The highest BCUT2D eigenvalue weighted by Gasteiger charge is 2.63. The standard InChI is InChI=1S/C43H65N5O5S/c1-28-20-40(3)25-43(16-15-35(40)49)26-42(28,5)36(21-41(4,38(51)29(43)2)27-47-18-6-17-44)53-37(50)24-54-33-13-11-32(12-14-33)23-48-39(52)34(46)19-30-7-9-31(22-45)10-8-30/h7-14,28-29,34,36,38,47,51H,6,15-27,44-46H2,1-5H3,(H,48,52)/t28-,29+,34?,36-,38+,40+,41-,42+,43+/m1/s1. The van der Waals surface area contributed by atoms with Crippen LogP contribution in [0.4, 0.5) is 0 Å². The maximum absolute atomic E-state index is 13.8. The van der Waals surface area contributed by atoms with E-state index in [0.717, 1.165) is 60.2 Å². The lowest BCUT2D eigenvalue weighted by Gasteiger charge is -2.57. The summed E-state index contributed by atoms with van der Waals surface area (Å²) in [6.07, 6.45) is 4.36. The molecule has 54 heavy (non-hydrogen) atoms. The molecule has 0 radical (unpaired) electrons. The van der Waals surface area contributed by atoms with Crippen molar-refractivity contribution in [2.45, 2.75) is 122 Å². The molecule has 3 aliphatic rings. The first kappa shape index (κ1) is 42.3. The number of ether oxygens (including phenoxy) is 1. The van der Waals surface area contributed by atoms with Gasteiger partial charge in [0.25, 0.3) is 0 Å². The molecule has 3 aliphatic carbocycles. The number of Topliss-reactive ketones (excluding diaryl/α,β-unsaturated/α-hetero) is 1. The van der Waals surface area contributed by atoms with Gasteiger partial charge >= 0.3 is 5.97 Å². The van der Waals surface area contributed by atoms with Gasteiger partial charge in [0.05, 0.1) is 17.9 Å². The number of nitrogens with two attached hydrogens (primary N) is 3. The van der Waals surface area contributed by atoms with E-state index >= 15 is 0 Å². The van der Waals surface area contributed by atoms with E-state index in [-0.39, 0.29) is 40.3 Å². The fourth-order valence-corrected chi connectivity index (χ4v) is 10.7. The SMILES string of the molecule is C[C@@H]1C[C@@]2(C)C[C@@]3(CCC2=O)C[C@]1(C)[C@H](OC(=O)CSc1ccc(CNC(=O)C(N)Cc2ccc(CN)cc2)cc1)C[C@](C)(CNCCCN)[C@@H](O)[C@@H]3C. The van der Waals surface area contributed by atoms with Crippen LogP contribution in [0, 0.1) is 33.5 Å². The third kappa shape index (κ3) is 9.41. The Morgan fingerprint density at radius 1 is 0.981 bits per heavy atom. The third-order valence-corrected chi connectivity index (χ3v) is 14.6. The van der Waals surface area contributed by atoms with E-state index in [1.807, 2.05) is 48.5 Å². The number of aliphatic hydroxyl groups excluding tert-OH is 1. The number of esters is 1. The van der Waals surface area contributed by atoms with Gasteiger partial charge in [0.2, 0.25) is 5.91 Å². The molecular weight excluding hydrogens is 699 g/mol. The Balaban J connectivity index is 1.24. The summed E-state index contributed by atoms with van der Waals surface area (Å²) >= 11 is 1.42. The Bertz CT molecular complexity index is 1610. The fourth-order valence-electron chi connectivity index (χ4n) is 9.97. The fraction of sp³-hybridized carbons (Fsp3) is 0.651. The number of carbonyl (C=O) groups excluding carboxylic acids is 3. The topological polar surface area (TPSA) is 183 Å². The maximum Gasteiger partial charge on any atom is 0.316 e. The van der Waals surface area contributed by atoms with Crippen LogP contribution in [-0.2, 0) is 38.6 Å². The van der Waals surface area contributed by atoms with Gasteiger partial charge in [-0.2, -0.15) is 0 Å². The second-order valence-electron chi connectivity index (χ2n) is 17.7. The molecule has 3 fully saturated rings. The highest BCUT2D eigenvalue weighted by molar-refractivity contribution is 8.00. The van der Waals surface area contributed by atoms with Crippen molar-refractivity contribution < 1.29 is 24.2 Å². The molecule has 9 N–H and O–H groups in total. The number of hydrogen-bond acceptors (Lipinski definition) is 10. The molecule has 10 nitrogen and oxygen atoms in total. The molecular formula is C43H65N5O5S. The van der Waals surface area contributed by atoms with Gasteiger partial charge in [-0.3, -0.25) is 14.4 Å². The van der Waals surface area contributed by atoms with Gasteiger partial charge < -0.3 is 37.7 Å². The first-order chi connectivity index (χ1) is 25.6. The molecule has 0 heterocycles. The predicted molar refractivity (Wildman–Crippen MR) is 215 cm³/mol. The molecule has 3 bridgehead atoms. The number of carbonyl (C=O) groups is 3. The number of amides is 1. The van der Waals surface area contributed by atoms with Crippen molar-refractivity contribution in [3.05, 3.63) is 65.2 Å². The van der Waals surface area contributed by atoms with Crippen molar-refractivity contribution in [1.82, 2.24) is 10.6 Å². The lowest BCUT2D eigenvalue weighted by molar-refractivity contribution is -0.179. The number of thioether (sulfide) groups is 1. The molecule has 5 rings (SSSR count). The zero-order valence-electron chi connectivity index (χ0n) is 33.1. The summed E-state index contributed by atoms with van der Waals surface area (Å²) in [4.78, 5) is 40.9. The molecule has 298 valence electrons. The van der Waals surface area contributed by atoms with Crippen molar-refractivity contribution in [1.29, 1.82) is 0 Å². The summed E-state index contributed by atoms with van der Waals surface area (Å²) in [7, 11) is 0. The molecule has 11 heteroatoms. The molecule has 0 aromatic heterocycles. The maximum atomic E-state index is 13.8. The van der Waals surface area contributed by atoms with Gasteiger partial charge in [-0.15, -0.1) is 11.8 Å². The van der Waals surface area contributed by atoms with E-state index in [4.69, 9.17) is 21.9 Å². The number of rotatable bonds is 15. The van der Waals surface area contributed by atoms with Crippen LogP contribution in [0.1, 0.15) is 96.3 Å². The minimum atomic E-state index is -0.664. The van der Waals surface area contributed by atoms with Gasteiger partial charge in [0.1, 0.15) is 11.9 Å². The summed E-state index contributed by atoms with van der Waals surface area (Å²) in [5, 5.41) is 18.7. The number of benzene rings is 2. The molecule has 2 aromatic rings. The Morgan fingerprint density at radius 3 is 2.31 bits per heavy atom. The zero-order valence-corrected chi connectivity index (χ0v) is 33.9. The first-order valence-electron chi connectivity index (χ1n) is 19.9. The smallest absolute Gasteiger partial charge is 0.316 e. The molecule has 1 spiro atoms. The van der Waals surface area contributed by atoms with E-state index in [2.05, 4.69) is 45.3 Å². The minimum absolute atomic E-state index is 0.0178. The van der Waals surface area contributed by atoms with Gasteiger partial charge in [-0.05, 0) is 104 Å². The largest absolute Gasteiger partial charge is 0.461 e. The summed E-state index contributed by atoms with van der Waals surface area (Å²) < 4.78 is 6.57. The average molecular weight is 764 g/mol. The van der Waals surface area contributed by atoms with Crippen LogP contribution in [0.3, 0.4) is 0 Å². The van der Waals surface area contributed by atoms with Crippen LogP contribution in [0.5, 0.6) is 0 Å². The van der Waals surface area contributed by atoms with E-state index in [1.54, 1.807) is 0 Å². The van der Waals surface area contributed by atoms with E-state index in [9.17, 15) is 19.5 Å². The monoisotopic (exact) mass is 763 g/mol. The first-order valence-corrected chi connectivity index (χ1v) is 20.9. The van der Waals surface area contributed by atoms with Gasteiger partial charge in [-0.1, -0.05) is 71.0 Å². The molecule has 3 saturated carbocycles. The van der Waals surface area contributed by atoms with Crippen molar-refractivity contribution >= 4 is 29.4 Å². The predicted octanol–water partition coefficient (Wildman–Crippen LogP) is 4.86. The highest BCUT2D eigenvalue weighted by Crippen LogP contribution is 2.65. The lowest BCUT2D eigenvalue weighted by Crippen LogP contribution is -2.58. The van der Waals surface area contributed by atoms with E-state index in [1.165, 1.54) is 11.8 Å². The van der Waals surface area contributed by atoms with Gasteiger partial charge in [0.15, 0.2) is 0 Å². The number of aliphatic hydroxyl groups is 1. The van der Waals surface area contributed by atoms with E-state index in [0.29, 0.717) is 51.2 Å². The summed E-state index contributed by atoms with van der Waals surface area (Å²) in [5.74, 6) is 0.0866. The number of nitrogens with one attached hydrogen (secondary N) is 2. The normalized spacial score (nSPS) is 32.9. The molecule has 0 saturated heterocycles. The summed E-state index contributed by atoms with van der Waals surface area (Å²) in [6.45, 7) is 13.7. The average Bonchev–Trinajstić information content (AvgIpc) is 3.23. The number of hydrogen-bond donors (Lipinski definition) is 6. The molecule has 1 amide bonds.